The number of halogens is 3. The van der Waals surface area contributed by atoms with Crippen molar-refractivity contribution >= 4 is 11.6 Å². The van der Waals surface area contributed by atoms with Crippen molar-refractivity contribution in [1.82, 2.24) is 19.9 Å². The topological polar surface area (TPSA) is 67.3 Å². The van der Waals surface area contributed by atoms with Crippen LogP contribution in [-0.2, 0) is 0 Å². The van der Waals surface area contributed by atoms with Gasteiger partial charge >= 0.3 is 6.36 Å². The summed E-state index contributed by atoms with van der Waals surface area (Å²) in [6, 6.07) is 25.3. The first-order valence-corrected chi connectivity index (χ1v) is 13.1. The summed E-state index contributed by atoms with van der Waals surface area (Å²) >= 11 is 0. The van der Waals surface area contributed by atoms with Crippen molar-refractivity contribution in [2.45, 2.75) is 6.36 Å². The molecule has 0 N–H and O–H groups in total. The van der Waals surface area contributed by atoms with E-state index in [4.69, 9.17) is 9.97 Å². The normalized spacial score (nSPS) is 13.7. The molecule has 1 fully saturated rings. The number of rotatable bonds is 6. The van der Waals surface area contributed by atoms with Gasteiger partial charge in [-0.15, -0.1) is 13.2 Å². The maximum Gasteiger partial charge on any atom is 0.573 e. The minimum atomic E-state index is -4.74. The molecule has 41 heavy (non-hydrogen) atoms. The first kappa shape index (κ1) is 26.2. The van der Waals surface area contributed by atoms with Crippen molar-refractivity contribution in [3.05, 3.63) is 104 Å². The maximum absolute atomic E-state index is 12.6. The van der Waals surface area contributed by atoms with Crippen molar-refractivity contribution < 1.29 is 17.9 Å². The molecule has 0 radical (unpaired) electrons. The van der Waals surface area contributed by atoms with Gasteiger partial charge in [-0.25, -0.2) is 15.0 Å². The van der Waals surface area contributed by atoms with Crippen LogP contribution in [0.2, 0.25) is 0 Å². The van der Waals surface area contributed by atoms with Crippen LogP contribution in [0.4, 0.5) is 24.8 Å². The molecule has 2 aromatic carbocycles. The summed E-state index contributed by atoms with van der Waals surface area (Å²) in [5.74, 6) is 2.10. The highest BCUT2D eigenvalue weighted by Gasteiger charge is 2.31. The summed E-state index contributed by atoms with van der Waals surface area (Å²) in [4.78, 5) is 23.2. The fourth-order valence-corrected chi connectivity index (χ4v) is 4.75. The van der Waals surface area contributed by atoms with Gasteiger partial charge < -0.3 is 14.5 Å². The second-order valence-corrected chi connectivity index (χ2v) is 9.50. The van der Waals surface area contributed by atoms with Crippen molar-refractivity contribution in [3.63, 3.8) is 0 Å². The monoisotopic (exact) mass is 554 g/mol. The quantitative estimate of drug-likeness (QED) is 0.238. The summed E-state index contributed by atoms with van der Waals surface area (Å²) < 4.78 is 41.7. The van der Waals surface area contributed by atoms with Crippen LogP contribution in [-0.4, -0.2) is 52.5 Å². The zero-order valence-corrected chi connectivity index (χ0v) is 21.9. The molecule has 0 aliphatic carbocycles. The molecule has 3 aromatic heterocycles. The number of benzene rings is 2. The van der Waals surface area contributed by atoms with Gasteiger partial charge in [-0.1, -0.05) is 48.5 Å². The Morgan fingerprint density at radius 1 is 0.634 bits per heavy atom. The maximum atomic E-state index is 12.6. The zero-order chi connectivity index (χ0) is 28.2. The minimum absolute atomic E-state index is 0.276. The molecule has 5 aromatic rings. The zero-order valence-electron chi connectivity index (χ0n) is 21.9. The minimum Gasteiger partial charge on any atom is -0.406 e. The van der Waals surface area contributed by atoms with Gasteiger partial charge in [0.1, 0.15) is 17.4 Å². The number of hydrogen-bond donors (Lipinski definition) is 0. The SMILES string of the molecule is FC(F)(F)Oc1ccc(-c2cncc(-c3cc(N4CCN(c5ccccn5)CC4)nc(-c4ccccc4)n3)c2)cc1. The number of pyridine rings is 2. The highest BCUT2D eigenvalue weighted by Crippen LogP contribution is 2.31. The highest BCUT2D eigenvalue weighted by molar-refractivity contribution is 5.73. The fourth-order valence-electron chi connectivity index (χ4n) is 4.75. The van der Waals surface area contributed by atoms with Gasteiger partial charge in [-0.2, -0.15) is 0 Å². The fraction of sp³-hybridized carbons (Fsp3) is 0.161. The lowest BCUT2D eigenvalue weighted by Gasteiger charge is -2.36. The Hall–Kier alpha value is -4.99. The molecule has 10 heteroatoms. The van der Waals surface area contributed by atoms with Gasteiger partial charge in [-0.05, 0) is 35.9 Å². The van der Waals surface area contributed by atoms with E-state index >= 15 is 0 Å². The van der Waals surface area contributed by atoms with Gasteiger partial charge in [0.25, 0.3) is 0 Å². The van der Waals surface area contributed by atoms with Crippen molar-refractivity contribution in [3.8, 4) is 39.5 Å². The Balaban J connectivity index is 1.31. The summed E-state index contributed by atoms with van der Waals surface area (Å²) in [5.41, 5.74) is 3.81. The average molecular weight is 555 g/mol. The number of aromatic nitrogens is 4. The summed E-state index contributed by atoms with van der Waals surface area (Å²) in [6.45, 7) is 3.15. The summed E-state index contributed by atoms with van der Waals surface area (Å²) in [7, 11) is 0. The Labute approximate surface area is 234 Å². The van der Waals surface area contributed by atoms with Crippen LogP contribution in [0.5, 0.6) is 5.75 Å². The highest BCUT2D eigenvalue weighted by atomic mass is 19.4. The number of piperazine rings is 1. The molecule has 0 saturated carbocycles. The second-order valence-electron chi connectivity index (χ2n) is 9.50. The molecule has 0 unspecified atom stereocenters. The first-order chi connectivity index (χ1) is 19.9. The molecule has 0 amide bonds. The molecule has 7 nitrogen and oxygen atoms in total. The Bertz CT molecular complexity index is 1610. The third kappa shape index (κ3) is 6.27. The molecule has 1 aliphatic heterocycles. The largest absolute Gasteiger partial charge is 0.573 e. The van der Waals surface area contributed by atoms with E-state index in [1.807, 2.05) is 60.7 Å². The Morgan fingerprint density at radius 3 is 2.00 bits per heavy atom. The lowest BCUT2D eigenvalue weighted by Crippen LogP contribution is -2.47. The van der Waals surface area contributed by atoms with Gasteiger partial charge in [-0.3, -0.25) is 4.98 Å². The number of hydrogen-bond acceptors (Lipinski definition) is 7. The smallest absolute Gasteiger partial charge is 0.406 e. The molecular formula is C31H25F3N6O. The van der Waals surface area contributed by atoms with E-state index in [2.05, 4.69) is 24.5 Å². The predicted molar refractivity (Wildman–Crippen MR) is 151 cm³/mol. The average Bonchev–Trinajstić information content (AvgIpc) is 3.01. The van der Waals surface area contributed by atoms with Gasteiger partial charge in [0.05, 0.1) is 5.69 Å². The molecule has 1 saturated heterocycles. The molecule has 0 bridgehead atoms. The lowest BCUT2D eigenvalue weighted by atomic mass is 10.0. The van der Waals surface area contributed by atoms with E-state index in [1.54, 1.807) is 30.7 Å². The molecule has 1 aliphatic rings. The second kappa shape index (κ2) is 11.2. The predicted octanol–water partition coefficient (Wildman–Crippen LogP) is 6.49. The van der Waals surface area contributed by atoms with Crippen molar-refractivity contribution in [1.29, 1.82) is 0 Å². The van der Waals surface area contributed by atoms with Crippen molar-refractivity contribution in [2.75, 3.05) is 36.0 Å². The molecule has 206 valence electrons. The summed E-state index contributed by atoms with van der Waals surface area (Å²) in [6.07, 6.45) is 0.456. The van der Waals surface area contributed by atoms with E-state index in [0.717, 1.165) is 54.5 Å². The number of anilines is 2. The third-order valence-electron chi connectivity index (χ3n) is 6.78. The molecule has 4 heterocycles. The third-order valence-corrected chi connectivity index (χ3v) is 6.78. The van der Waals surface area contributed by atoms with E-state index in [-0.39, 0.29) is 5.75 Å². The molecule has 0 spiro atoms. The van der Waals surface area contributed by atoms with Crippen LogP contribution < -0.4 is 14.5 Å². The Kier molecular flexibility index (Phi) is 7.20. The van der Waals surface area contributed by atoms with E-state index in [9.17, 15) is 13.2 Å². The van der Waals surface area contributed by atoms with Crippen LogP contribution in [0.25, 0.3) is 33.8 Å². The van der Waals surface area contributed by atoms with E-state index < -0.39 is 6.36 Å². The van der Waals surface area contributed by atoms with Crippen LogP contribution in [0.1, 0.15) is 0 Å². The van der Waals surface area contributed by atoms with E-state index in [1.165, 1.54) is 12.1 Å². The molecule has 6 rings (SSSR count). The standard InChI is InChI=1S/C31H25F3N6O/c32-31(33,34)41-26-11-9-22(10-12-26)24-18-25(21-35-20-24)27-19-29(38-30(37-27)23-6-2-1-3-7-23)40-16-14-39(15-17-40)28-8-4-5-13-36-28/h1-13,18-21H,14-17H2. The van der Waals surface area contributed by atoms with Crippen LogP contribution in [0.3, 0.4) is 0 Å². The van der Waals surface area contributed by atoms with E-state index in [0.29, 0.717) is 17.1 Å². The van der Waals surface area contributed by atoms with Gasteiger partial charge in [0.2, 0.25) is 0 Å². The molecular weight excluding hydrogens is 529 g/mol. The lowest BCUT2D eigenvalue weighted by molar-refractivity contribution is -0.274. The summed E-state index contributed by atoms with van der Waals surface area (Å²) in [5, 5.41) is 0. The molecule has 0 atom stereocenters. The Morgan fingerprint density at radius 2 is 1.32 bits per heavy atom. The van der Waals surface area contributed by atoms with Crippen molar-refractivity contribution in [2.24, 2.45) is 0 Å². The van der Waals surface area contributed by atoms with Crippen LogP contribution >= 0.6 is 0 Å². The number of nitrogens with zero attached hydrogens (tertiary/aromatic N) is 6. The van der Waals surface area contributed by atoms with Gasteiger partial charge in [0, 0.05) is 67.5 Å². The number of ether oxygens (including phenoxy) is 1. The first-order valence-electron chi connectivity index (χ1n) is 13.1. The van der Waals surface area contributed by atoms with Crippen LogP contribution in [0, 0.1) is 0 Å². The van der Waals surface area contributed by atoms with Crippen LogP contribution in [0.15, 0.2) is 104 Å². The van der Waals surface area contributed by atoms with Gasteiger partial charge in [0.15, 0.2) is 5.82 Å². The number of alkyl halides is 3.